The molecule has 1 nitrogen and oxygen atoms in total. The topological polar surface area (TPSA) is 9.23 Å². The van der Waals surface area contributed by atoms with Gasteiger partial charge in [-0.2, -0.15) is 0 Å². The lowest BCUT2D eigenvalue weighted by molar-refractivity contribution is 0.303. The van der Waals surface area contributed by atoms with Gasteiger partial charge in [-0.1, -0.05) is 18.2 Å². The molecule has 0 amide bonds. The van der Waals surface area contributed by atoms with E-state index in [9.17, 15) is 0 Å². The van der Waals surface area contributed by atoms with E-state index in [4.69, 9.17) is 4.74 Å². The Balaban J connectivity index is 1.99. The molecule has 1 aliphatic rings. The minimum absolute atomic E-state index is 0.491. The molecule has 0 spiro atoms. The van der Waals surface area contributed by atoms with E-state index in [2.05, 4.69) is 18.7 Å². The van der Waals surface area contributed by atoms with Crippen LogP contribution in [-0.4, -0.2) is 6.10 Å². The van der Waals surface area contributed by atoms with Crippen LogP contribution in [0.4, 0.5) is 0 Å². The second-order valence-corrected chi connectivity index (χ2v) is 3.45. The van der Waals surface area contributed by atoms with Crippen LogP contribution in [0.25, 0.3) is 0 Å². The Labute approximate surface area is 79.0 Å². The summed E-state index contributed by atoms with van der Waals surface area (Å²) in [5.74, 6) is 0.996. The largest absolute Gasteiger partial charge is 0.490 e. The lowest BCUT2D eigenvalue weighted by Crippen LogP contribution is -1.95. The van der Waals surface area contributed by atoms with E-state index < -0.39 is 0 Å². The number of ether oxygens (including phenoxy) is 1. The van der Waals surface area contributed by atoms with Crippen molar-refractivity contribution in [1.82, 2.24) is 0 Å². The van der Waals surface area contributed by atoms with Gasteiger partial charge in [0.15, 0.2) is 0 Å². The Bertz CT molecular complexity index is 282. The molecular formula is C12H14O. The summed E-state index contributed by atoms with van der Waals surface area (Å²) in [6.07, 6.45) is 5.77. The highest BCUT2D eigenvalue weighted by atomic mass is 16.5. The average molecular weight is 174 g/mol. The van der Waals surface area contributed by atoms with Gasteiger partial charge in [-0.15, -0.1) is 6.58 Å². The Morgan fingerprint density at radius 3 is 2.54 bits per heavy atom. The van der Waals surface area contributed by atoms with Crippen molar-refractivity contribution in [3.63, 3.8) is 0 Å². The Morgan fingerprint density at radius 2 is 2.00 bits per heavy atom. The quantitative estimate of drug-likeness (QED) is 0.638. The monoisotopic (exact) mass is 174 g/mol. The predicted molar refractivity (Wildman–Crippen MR) is 54.0 cm³/mol. The van der Waals surface area contributed by atoms with Gasteiger partial charge in [-0.25, -0.2) is 0 Å². The number of benzene rings is 1. The molecule has 0 unspecified atom stereocenters. The fraction of sp³-hybridized carbons (Fsp3) is 0.333. The first-order chi connectivity index (χ1) is 6.38. The van der Waals surface area contributed by atoms with E-state index >= 15 is 0 Å². The van der Waals surface area contributed by atoms with E-state index in [-0.39, 0.29) is 0 Å². The molecule has 13 heavy (non-hydrogen) atoms. The van der Waals surface area contributed by atoms with Gasteiger partial charge in [0.05, 0.1) is 6.10 Å². The number of allylic oxidation sites excluding steroid dienone is 1. The zero-order valence-corrected chi connectivity index (χ0v) is 7.70. The molecule has 1 saturated carbocycles. The molecule has 1 heteroatoms. The van der Waals surface area contributed by atoms with Crippen LogP contribution in [0.2, 0.25) is 0 Å². The summed E-state index contributed by atoms with van der Waals surface area (Å²) in [7, 11) is 0. The smallest absolute Gasteiger partial charge is 0.119 e. The van der Waals surface area contributed by atoms with Gasteiger partial charge in [-0.3, -0.25) is 0 Å². The molecule has 0 N–H and O–H groups in total. The van der Waals surface area contributed by atoms with Crippen molar-refractivity contribution in [3.05, 3.63) is 42.5 Å². The van der Waals surface area contributed by atoms with Crippen molar-refractivity contribution >= 4 is 0 Å². The number of hydrogen-bond donors (Lipinski definition) is 0. The molecule has 68 valence electrons. The van der Waals surface area contributed by atoms with E-state index in [1.807, 2.05) is 18.2 Å². The zero-order valence-electron chi connectivity index (χ0n) is 7.70. The Morgan fingerprint density at radius 1 is 1.31 bits per heavy atom. The molecule has 0 aliphatic heterocycles. The van der Waals surface area contributed by atoms with E-state index in [0.717, 1.165) is 12.2 Å². The van der Waals surface area contributed by atoms with Crippen molar-refractivity contribution in [2.75, 3.05) is 0 Å². The third-order valence-corrected chi connectivity index (χ3v) is 2.13. The first-order valence-electron chi connectivity index (χ1n) is 4.75. The second-order valence-electron chi connectivity index (χ2n) is 3.45. The summed E-state index contributed by atoms with van der Waals surface area (Å²) in [6, 6.07) is 8.27. The fourth-order valence-electron chi connectivity index (χ4n) is 1.25. The van der Waals surface area contributed by atoms with Crippen molar-refractivity contribution in [2.24, 2.45) is 0 Å². The molecule has 0 atom stereocenters. The lowest BCUT2D eigenvalue weighted by Gasteiger charge is -2.04. The predicted octanol–water partition coefficient (Wildman–Crippen LogP) is 2.96. The normalized spacial score (nSPS) is 15.4. The maximum atomic E-state index is 5.63. The molecule has 1 aromatic rings. The van der Waals surface area contributed by atoms with Gasteiger partial charge < -0.3 is 4.74 Å². The molecule has 1 aromatic carbocycles. The third-order valence-electron chi connectivity index (χ3n) is 2.13. The SMILES string of the molecule is C=CCc1ccc(OC2CC2)cc1. The molecule has 0 aromatic heterocycles. The zero-order chi connectivity index (χ0) is 9.10. The Kier molecular flexibility index (Phi) is 2.35. The van der Waals surface area contributed by atoms with Gasteiger partial charge in [0.1, 0.15) is 5.75 Å². The van der Waals surface area contributed by atoms with Crippen LogP contribution in [0.3, 0.4) is 0 Å². The second kappa shape index (κ2) is 3.65. The molecule has 0 radical (unpaired) electrons. The minimum atomic E-state index is 0.491. The highest BCUT2D eigenvalue weighted by Gasteiger charge is 2.23. The van der Waals surface area contributed by atoms with Gasteiger partial charge in [-0.05, 0) is 37.0 Å². The van der Waals surface area contributed by atoms with Gasteiger partial charge in [0.25, 0.3) is 0 Å². The molecule has 0 heterocycles. The summed E-state index contributed by atoms with van der Waals surface area (Å²) in [5.41, 5.74) is 1.29. The lowest BCUT2D eigenvalue weighted by atomic mass is 10.1. The maximum absolute atomic E-state index is 5.63. The van der Waals surface area contributed by atoms with Crippen LogP contribution in [0.1, 0.15) is 18.4 Å². The van der Waals surface area contributed by atoms with Crippen LogP contribution in [0, 0.1) is 0 Å². The van der Waals surface area contributed by atoms with Gasteiger partial charge >= 0.3 is 0 Å². The van der Waals surface area contributed by atoms with E-state index in [1.165, 1.54) is 18.4 Å². The molecular weight excluding hydrogens is 160 g/mol. The fourth-order valence-corrected chi connectivity index (χ4v) is 1.25. The van der Waals surface area contributed by atoms with Crippen LogP contribution in [-0.2, 0) is 6.42 Å². The first kappa shape index (κ1) is 8.36. The molecule has 1 fully saturated rings. The van der Waals surface area contributed by atoms with E-state index in [0.29, 0.717) is 6.10 Å². The molecule has 0 bridgehead atoms. The summed E-state index contributed by atoms with van der Waals surface area (Å²) < 4.78 is 5.63. The summed E-state index contributed by atoms with van der Waals surface area (Å²) in [6.45, 7) is 3.71. The highest BCUT2D eigenvalue weighted by molar-refractivity contribution is 5.28. The molecule has 0 saturated heterocycles. The molecule has 2 rings (SSSR count). The third kappa shape index (κ3) is 2.35. The molecule has 1 aliphatic carbocycles. The van der Waals surface area contributed by atoms with Crippen molar-refractivity contribution < 1.29 is 4.74 Å². The summed E-state index contributed by atoms with van der Waals surface area (Å²) in [4.78, 5) is 0. The van der Waals surface area contributed by atoms with E-state index in [1.54, 1.807) is 0 Å². The minimum Gasteiger partial charge on any atom is -0.490 e. The van der Waals surface area contributed by atoms with Crippen LogP contribution in [0.5, 0.6) is 5.75 Å². The van der Waals surface area contributed by atoms with Crippen molar-refractivity contribution in [1.29, 1.82) is 0 Å². The summed E-state index contributed by atoms with van der Waals surface area (Å²) >= 11 is 0. The van der Waals surface area contributed by atoms with Crippen LogP contribution >= 0.6 is 0 Å². The van der Waals surface area contributed by atoms with Gasteiger partial charge in [0.2, 0.25) is 0 Å². The maximum Gasteiger partial charge on any atom is 0.119 e. The van der Waals surface area contributed by atoms with Gasteiger partial charge in [0, 0.05) is 0 Å². The average Bonchev–Trinajstić information content (AvgIpc) is 2.93. The first-order valence-corrected chi connectivity index (χ1v) is 4.75. The standard InChI is InChI=1S/C12H14O/c1-2-3-10-4-6-11(7-5-10)13-12-8-9-12/h2,4-7,12H,1,3,8-9H2. The number of hydrogen-bond acceptors (Lipinski definition) is 1. The van der Waals surface area contributed by atoms with Crippen LogP contribution in [0.15, 0.2) is 36.9 Å². The number of rotatable bonds is 4. The summed E-state index contributed by atoms with van der Waals surface area (Å²) in [5, 5.41) is 0. The van der Waals surface area contributed by atoms with Crippen molar-refractivity contribution in [2.45, 2.75) is 25.4 Å². The van der Waals surface area contributed by atoms with Crippen LogP contribution < -0.4 is 4.74 Å². The highest BCUT2D eigenvalue weighted by Crippen LogP contribution is 2.26. The van der Waals surface area contributed by atoms with Crippen molar-refractivity contribution in [3.8, 4) is 5.75 Å². The Hall–Kier alpha value is -1.24.